The Hall–Kier alpha value is -2.80. The van der Waals surface area contributed by atoms with E-state index < -0.39 is 6.03 Å². The van der Waals surface area contributed by atoms with Crippen LogP contribution in [0.15, 0.2) is 42.6 Å². The first kappa shape index (κ1) is 17.6. The maximum absolute atomic E-state index is 10.9. The van der Waals surface area contributed by atoms with Gasteiger partial charge in [-0.2, -0.15) is 0 Å². The lowest BCUT2D eigenvalue weighted by molar-refractivity contribution is 0.0850. The van der Waals surface area contributed by atoms with Gasteiger partial charge in [0.05, 0.1) is 0 Å². The molecule has 7 heteroatoms. The summed E-state index contributed by atoms with van der Waals surface area (Å²) in [5.41, 5.74) is 7.54. The highest BCUT2D eigenvalue weighted by Gasteiger charge is 2.24. The molecular weight excluding hydrogens is 344 g/mol. The van der Waals surface area contributed by atoms with Crippen LogP contribution in [0.1, 0.15) is 30.1 Å². The summed E-state index contributed by atoms with van der Waals surface area (Å²) in [6.45, 7) is 3.29. The second-order valence-electron chi connectivity index (χ2n) is 7.02. The van der Waals surface area contributed by atoms with Crippen LogP contribution in [-0.2, 0) is 6.54 Å². The SMILES string of the molecule is NC(=O)NC1CCN(Cc2ccc(C3COc4cccnc4O3)cc2)CC1. The summed E-state index contributed by atoms with van der Waals surface area (Å²) in [5.74, 6) is 1.24. The number of hydrogen-bond acceptors (Lipinski definition) is 5. The van der Waals surface area contributed by atoms with E-state index in [1.54, 1.807) is 6.20 Å². The molecule has 1 aromatic carbocycles. The van der Waals surface area contributed by atoms with Crippen molar-refractivity contribution in [2.75, 3.05) is 19.7 Å². The molecule has 1 unspecified atom stereocenters. The zero-order valence-electron chi connectivity index (χ0n) is 15.1. The number of primary amides is 1. The quantitative estimate of drug-likeness (QED) is 0.864. The van der Waals surface area contributed by atoms with Gasteiger partial charge in [0.15, 0.2) is 11.9 Å². The highest BCUT2D eigenvalue weighted by Crippen LogP contribution is 2.34. The molecule has 4 rings (SSSR count). The fraction of sp³-hybridized carbons (Fsp3) is 0.400. The minimum atomic E-state index is -0.434. The normalized spacial score (nSPS) is 20.2. The molecule has 2 aromatic rings. The number of urea groups is 1. The van der Waals surface area contributed by atoms with Crippen molar-refractivity contribution < 1.29 is 14.3 Å². The summed E-state index contributed by atoms with van der Waals surface area (Å²) in [5, 5.41) is 2.80. The molecule has 3 heterocycles. The smallest absolute Gasteiger partial charge is 0.312 e. The first-order chi connectivity index (χ1) is 13.2. The van der Waals surface area contributed by atoms with Crippen LogP contribution in [0.25, 0.3) is 0 Å². The van der Waals surface area contributed by atoms with Gasteiger partial charge >= 0.3 is 6.03 Å². The summed E-state index contributed by atoms with van der Waals surface area (Å²) in [7, 11) is 0. The van der Waals surface area contributed by atoms with Gasteiger partial charge < -0.3 is 20.5 Å². The topological polar surface area (TPSA) is 89.7 Å². The zero-order valence-corrected chi connectivity index (χ0v) is 15.1. The Morgan fingerprint density at radius 1 is 1.22 bits per heavy atom. The van der Waals surface area contributed by atoms with E-state index in [2.05, 4.69) is 39.5 Å². The molecule has 7 nitrogen and oxygen atoms in total. The van der Waals surface area contributed by atoms with Gasteiger partial charge in [0.1, 0.15) is 6.61 Å². The predicted octanol–water partition coefficient (Wildman–Crippen LogP) is 2.23. The maximum Gasteiger partial charge on any atom is 0.312 e. The van der Waals surface area contributed by atoms with Gasteiger partial charge in [-0.05, 0) is 36.1 Å². The summed E-state index contributed by atoms with van der Waals surface area (Å²) in [6.07, 6.45) is 3.43. The van der Waals surface area contributed by atoms with Crippen molar-refractivity contribution in [3.8, 4) is 11.6 Å². The highest BCUT2D eigenvalue weighted by atomic mass is 16.6. The van der Waals surface area contributed by atoms with Crippen LogP contribution in [0, 0.1) is 0 Å². The fourth-order valence-electron chi connectivity index (χ4n) is 3.61. The van der Waals surface area contributed by atoms with Gasteiger partial charge in [0, 0.05) is 31.9 Å². The average Bonchev–Trinajstić information content (AvgIpc) is 2.69. The average molecular weight is 368 g/mol. The Bertz CT molecular complexity index is 788. The number of pyridine rings is 1. The van der Waals surface area contributed by atoms with E-state index >= 15 is 0 Å². The summed E-state index contributed by atoms with van der Waals surface area (Å²) in [4.78, 5) is 17.6. The van der Waals surface area contributed by atoms with Crippen molar-refractivity contribution in [3.05, 3.63) is 53.7 Å². The number of nitrogens with zero attached hydrogens (tertiary/aromatic N) is 2. The van der Waals surface area contributed by atoms with Crippen LogP contribution in [0.3, 0.4) is 0 Å². The number of carbonyl (C=O) groups is 1. The molecule has 0 radical (unpaired) electrons. The number of fused-ring (bicyclic) bond motifs is 1. The zero-order chi connectivity index (χ0) is 18.6. The Balaban J connectivity index is 1.32. The largest absolute Gasteiger partial charge is 0.484 e. The van der Waals surface area contributed by atoms with Crippen LogP contribution in [0.5, 0.6) is 11.6 Å². The van der Waals surface area contributed by atoms with Crippen LogP contribution >= 0.6 is 0 Å². The van der Waals surface area contributed by atoms with Crippen molar-refractivity contribution >= 4 is 6.03 Å². The minimum absolute atomic E-state index is 0.142. The molecule has 2 aliphatic heterocycles. The first-order valence-corrected chi connectivity index (χ1v) is 9.29. The lowest BCUT2D eigenvalue weighted by Crippen LogP contribution is -2.46. The van der Waals surface area contributed by atoms with Crippen molar-refractivity contribution in [2.45, 2.75) is 31.5 Å². The van der Waals surface area contributed by atoms with E-state index in [1.807, 2.05) is 12.1 Å². The molecule has 1 fully saturated rings. The van der Waals surface area contributed by atoms with Gasteiger partial charge in [0.2, 0.25) is 0 Å². The number of nitrogens with two attached hydrogens (primary N) is 1. The van der Waals surface area contributed by atoms with Gasteiger partial charge in [-0.3, -0.25) is 4.90 Å². The molecule has 142 valence electrons. The number of likely N-dealkylation sites (tertiary alicyclic amines) is 1. The second-order valence-corrected chi connectivity index (χ2v) is 7.02. The number of piperidine rings is 1. The van der Waals surface area contributed by atoms with Crippen molar-refractivity contribution in [1.82, 2.24) is 15.2 Å². The second kappa shape index (κ2) is 7.84. The molecule has 2 amide bonds. The summed E-state index contributed by atoms with van der Waals surface area (Å²) < 4.78 is 11.7. The van der Waals surface area contributed by atoms with Crippen LogP contribution in [0.4, 0.5) is 4.79 Å². The van der Waals surface area contributed by atoms with E-state index in [-0.39, 0.29) is 12.1 Å². The molecule has 3 N–H and O–H groups in total. The van der Waals surface area contributed by atoms with Crippen molar-refractivity contribution in [1.29, 1.82) is 0 Å². The standard InChI is InChI=1S/C20H24N4O3/c21-20(25)23-16-7-10-24(11-8-16)12-14-3-5-15(6-4-14)18-13-26-17-2-1-9-22-19(17)27-18/h1-6,9,16,18H,7-8,10-13H2,(H3,21,23,25). The summed E-state index contributed by atoms with van der Waals surface area (Å²) >= 11 is 0. The Morgan fingerprint density at radius 2 is 2.00 bits per heavy atom. The number of nitrogens with one attached hydrogen (secondary N) is 1. The molecule has 27 heavy (non-hydrogen) atoms. The van der Waals surface area contributed by atoms with Gasteiger partial charge in [-0.15, -0.1) is 0 Å². The maximum atomic E-state index is 10.9. The number of benzene rings is 1. The van der Waals surface area contributed by atoms with E-state index in [4.69, 9.17) is 15.2 Å². The predicted molar refractivity (Wildman–Crippen MR) is 101 cm³/mol. The molecule has 1 aromatic heterocycles. The number of amides is 2. The highest BCUT2D eigenvalue weighted by molar-refractivity contribution is 5.71. The number of hydrogen-bond donors (Lipinski definition) is 2. The van der Waals surface area contributed by atoms with E-state index in [0.29, 0.717) is 18.2 Å². The molecule has 0 spiro atoms. The van der Waals surface area contributed by atoms with Crippen LogP contribution in [-0.4, -0.2) is 41.7 Å². The third-order valence-electron chi connectivity index (χ3n) is 5.07. The van der Waals surface area contributed by atoms with Crippen LogP contribution < -0.4 is 20.5 Å². The monoisotopic (exact) mass is 368 g/mol. The first-order valence-electron chi connectivity index (χ1n) is 9.29. The summed E-state index contributed by atoms with van der Waals surface area (Å²) in [6, 6.07) is 11.9. The number of rotatable bonds is 4. The number of ether oxygens (including phenoxy) is 2. The van der Waals surface area contributed by atoms with Crippen molar-refractivity contribution in [2.24, 2.45) is 5.73 Å². The molecule has 0 saturated carbocycles. The molecule has 0 aliphatic carbocycles. The molecule has 1 atom stereocenters. The lowest BCUT2D eigenvalue weighted by Gasteiger charge is -2.32. The third kappa shape index (κ3) is 4.31. The van der Waals surface area contributed by atoms with Gasteiger partial charge in [-0.25, -0.2) is 9.78 Å². The van der Waals surface area contributed by atoms with Gasteiger partial charge in [-0.1, -0.05) is 24.3 Å². The van der Waals surface area contributed by atoms with E-state index in [1.165, 1.54) is 5.56 Å². The van der Waals surface area contributed by atoms with Crippen LogP contribution in [0.2, 0.25) is 0 Å². The Morgan fingerprint density at radius 3 is 2.74 bits per heavy atom. The molecular formula is C20H24N4O3. The molecule has 2 aliphatic rings. The molecule has 1 saturated heterocycles. The Kier molecular flexibility index (Phi) is 5.11. The van der Waals surface area contributed by atoms with Crippen molar-refractivity contribution in [3.63, 3.8) is 0 Å². The van der Waals surface area contributed by atoms with Gasteiger partial charge in [0.25, 0.3) is 5.88 Å². The number of carbonyl (C=O) groups excluding carboxylic acids is 1. The fourth-order valence-corrected chi connectivity index (χ4v) is 3.61. The lowest BCUT2D eigenvalue weighted by atomic mass is 10.0. The minimum Gasteiger partial charge on any atom is -0.484 e. The van der Waals surface area contributed by atoms with E-state index in [9.17, 15) is 4.79 Å². The Labute approximate surface area is 158 Å². The molecule has 0 bridgehead atoms. The van der Waals surface area contributed by atoms with E-state index in [0.717, 1.165) is 38.0 Å². The number of aromatic nitrogens is 1. The third-order valence-corrected chi connectivity index (χ3v) is 5.07.